The number of ether oxygens (including phenoxy) is 1. The van der Waals surface area contributed by atoms with Crippen molar-refractivity contribution < 1.29 is 17.7 Å². The number of sulfonamides is 1. The Morgan fingerprint density at radius 2 is 2.08 bits per heavy atom. The van der Waals surface area contributed by atoms with E-state index in [1.165, 1.54) is 0 Å². The van der Waals surface area contributed by atoms with Gasteiger partial charge >= 0.3 is 0 Å². The molecule has 1 fully saturated rings. The van der Waals surface area contributed by atoms with Crippen molar-refractivity contribution in [2.45, 2.75) is 50.5 Å². The topological polar surface area (TPSA) is 81.4 Å². The summed E-state index contributed by atoms with van der Waals surface area (Å²) in [4.78, 5) is 0.0807. The maximum atomic E-state index is 13.0. The minimum atomic E-state index is -3.74. The lowest BCUT2D eigenvalue weighted by Gasteiger charge is -2.16. The zero-order valence-electron chi connectivity index (χ0n) is 14.9. The number of nitrogens with one attached hydrogen (secondary N) is 1. The lowest BCUT2D eigenvalue weighted by atomic mass is 10.0. The zero-order valence-corrected chi connectivity index (χ0v) is 15.7. The van der Waals surface area contributed by atoms with Crippen LogP contribution in [0.5, 0.6) is 5.75 Å². The highest BCUT2D eigenvalue weighted by molar-refractivity contribution is 7.89. The number of nitrogens with zero attached hydrogens (tertiary/aromatic N) is 1. The van der Waals surface area contributed by atoms with E-state index in [2.05, 4.69) is 15.8 Å². The highest BCUT2D eigenvalue weighted by Gasteiger charge is 2.27. The van der Waals surface area contributed by atoms with Gasteiger partial charge in [-0.15, -0.1) is 6.42 Å². The van der Waals surface area contributed by atoms with Gasteiger partial charge in [-0.05, 0) is 44.4 Å². The van der Waals surface area contributed by atoms with Crippen LogP contribution in [0.4, 0.5) is 0 Å². The summed E-state index contributed by atoms with van der Waals surface area (Å²) < 4.78 is 39.4. The standard InChI is InChI=1S/C19H22N2O4S/c1-4-11-24-17-10-9-15(19-13(2)20-25-14(19)3)12-18(17)26(22,23)21-16-7-5-6-8-16/h1,9-10,12,16,21H,5-8,11H2,2-3H3. The molecule has 1 N–H and O–H groups in total. The molecule has 0 radical (unpaired) electrons. The van der Waals surface area contributed by atoms with E-state index in [4.69, 9.17) is 15.7 Å². The van der Waals surface area contributed by atoms with Crippen LogP contribution in [0.3, 0.4) is 0 Å². The smallest absolute Gasteiger partial charge is 0.244 e. The molecule has 0 aliphatic heterocycles. The van der Waals surface area contributed by atoms with Crippen LogP contribution in [0, 0.1) is 26.2 Å². The largest absolute Gasteiger partial charge is 0.480 e. The Morgan fingerprint density at radius 1 is 1.35 bits per heavy atom. The van der Waals surface area contributed by atoms with Crippen LogP contribution in [0.25, 0.3) is 11.1 Å². The highest BCUT2D eigenvalue weighted by atomic mass is 32.2. The molecule has 0 atom stereocenters. The molecule has 138 valence electrons. The maximum absolute atomic E-state index is 13.0. The van der Waals surface area contributed by atoms with Crippen molar-refractivity contribution in [1.29, 1.82) is 0 Å². The van der Waals surface area contributed by atoms with Crippen molar-refractivity contribution in [3.63, 3.8) is 0 Å². The van der Waals surface area contributed by atoms with Gasteiger partial charge in [0.2, 0.25) is 10.0 Å². The van der Waals surface area contributed by atoms with Gasteiger partial charge in [0.05, 0.1) is 5.69 Å². The minimum absolute atomic E-state index is 0.00336. The van der Waals surface area contributed by atoms with E-state index in [-0.39, 0.29) is 23.3 Å². The molecule has 0 spiro atoms. The van der Waals surface area contributed by atoms with E-state index in [1.54, 1.807) is 25.1 Å². The molecule has 7 heteroatoms. The summed E-state index contributed by atoms with van der Waals surface area (Å²) in [5, 5.41) is 3.94. The molecule has 1 aromatic heterocycles. The molecule has 1 aliphatic carbocycles. The van der Waals surface area contributed by atoms with Gasteiger partial charge in [-0.1, -0.05) is 30.0 Å². The molecular formula is C19H22N2O4S. The Kier molecular flexibility index (Phi) is 5.35. The summed E-state index contributed by atoms with van der Waals surface area (Å²) in [6.07, 6.45) is 9.02. The number of rotatable bonds is 6. The maximum Gasteiger partial charge on any atom is 0.244 e. The fourth-order valence-corrected chi connectivity index (χ4v) is 4.81. The molecule has 3 rings (SSSR count). The third kappa shape index (κ3) is 3.76. The number of aryl methyl sites for hydroxylation is 2. The van der Waals surface area contributed by atoms with Crippen LogP contribution in [0.2, 0.25) is 0 Å². The van der Waals surface area contributed by atoms with Crippen molar-refractivity contribution in [3.05, 3.63) is 29.7 Å². The van der Waals surface area contributed by atoms with E-state index in [9.17, 15) is 8.42 Å². The van der Waals surface area contributed by atoms with Gasteiger partial charge in [-0.2, -0.15) is 0 Å². The summed E-state index contributed by atoms with van der Waals surface area (Å²) in [6, 6.07) is 4.97. The Labute approximate surface area is 154 Å². The Bertz CT molecular complexity index is 915. The molecule has 0 saturated heterocycles. The van der Waals surface area contributed by atoms with Gasteiger partial charge in [0.1, 0.15) is 23.0 Å². The number of benzene rings is 1. The average molecular weight is 374 g/mol. The summed E-state index contributed by atoms with van der Waals surface area (Å²) in [5.74, 6) is 3.24. The summed E-state index contributed by atoms with van der Waals surface area (Å²) in [6.45, 7) is 3.61. The minimum Gasteiger partial charge on any atom is -0.480 e. The molecule has 6 nitrogen and oxygen atoms in total. The second-order valence-corrected chi connectivity index (χ2v) is 8.14. The fourth-order valence-electron chi connectivity index (χ4n) is 3.33. The van der Waals surface area contributed by atoms with E-state index in [0.717, 1.165) is 31.2 Å². The first kappa shape index (κ1) is 18.5. The quantitative estimate of drug-likeness (QED) is 0.786. The van der Waals surface area contributed by atoms with Crippen molar-refractivity contribution in [2.24, 2.45) is 0 Å². The van der Waals surface area contributed by atoms with E-state index in [0.29, 0.717) is 17.0 Å². The molecule has 1 aromatic carbocycles. The van der Waals surface area contributed by atoms with Crippen LogP contribution in [-0.2, 0) is 10.0 Å². The van der Waals surface area contributed by atoms with Crippen molar-refractivity contribution in [3.8, 4) is 29.2 Å². The van der Waals surface area contributed by atoms with Crippen molar-refractivity contribution in [1.82, 2.24) is 9.88 Å². The Morgan fingerprint density at radius 3 is 2.69 bits per heavy atom. The van der Waals surface area contributed by atoms with Crippen LogP contribution in [-0.4, -0.2) is 26.2 Å². The highest BCUT2D eigenvalue weighted by Crippen LogP contribution is 2.34. The second kappa shape index (κ2) is 7.52. The molecule has 0 bridgehead atoms. The van der Waals surface area contributed by atoms with Crippen LogP contribution in [0.1, 0.15) is 37.1 Å². The molecule has 1 heterocycles. The van der Waals surface area contributed by atoms with Gasteiger partial charge in [0.25, 0.3) is 0 Å². The van der Waals surface area contributed by atoms with Crippen molar-refractivity contribution in [2.75, 3.05) is 6.61 Å². The first-order valence-electron chi connectivity index (χ1n) is 8.58. The first-order valence-corrected chi connectivity index (χ1v) is 10.1. The molecule has 0 unspecified atom stereocenters. The number of hydrogen-bond donors (Lipinski definition) is 1. The third-order valence-corrected chi connectivity index (χ3v) is 6.08. The summed E-state index contributed by atoms with van der Waals surface area (Å²) in [7, 11) is -3.74. The predicted octanol–water partition coefficient (Wildman–Crippen LogP) is 3.19. The van der Waals surface area contributed by atoms with E-state index >= 15 is 0 Å². The van der Waals surface area contributed by atoms with Crippen LogP contribution >= 0.6 is 0 Å². The molecule has 1 aliphatic rings. The summed E-state index contributed by atoms with van der Waals surface area (Å²) in [5.41, 5.74) is 2.19. The monoisotopic (exact) mass is 374 g/mol. The third-order valence-electron chi connectivity index (χ3n) is 4.54. The normalized spacial score (nSPS) is 15.1. The molecular weight excluding hydrogens is 352 g/mol. The SMILES string of the molecule is C#CCOc1ccc(-c2c(C)noc2C)cc1S(=O)(=O)NC1CCCC1. The van der Waals surface area contributed by atoms with Gasteiger partial charge in [-0.25, -0.2) is 13.1 Å². The fraction of sp³-hybridized carbons (Fsp3) is 0.421. The van der Waals surface area contributed by atoms with Crippen molar-refractivity contribution >= 4 is 10.0 Å². The average Bonchev–Trinajstić information content (AvgIpc) is 3.22. The second-order valence-electron chi connectivity index (χ2n) is 6.46. The summed E-state index contributed by atoms with van der Waals surface area (Å²) >= 11 is 0. The Hall–Kier alpha value is -2.30. The predicted molar refractivity (Wildman–Crippen MR) is 98.3 cm³/mol. The van der Waals surface area contributed by atoms with Gasteiger partial charge in [-0.3, -0.25) is 0 Å². The lowest BCUT2D eigenvalue weighted by Crippen LogP contribution is -2.33. The van der Waals surface area contributed by atoms with Gasteiger partial charge in [0.15, 0.2) is 0 Å². The van der Waals surface area contributed by atoms with E-state index in [1.807, 2.05) is 6.92 Å². The zero-order chi connectivity index (χ0) is 18.7. The number of hydrogen-bond acceptors (Lipinski definition) is 5. The van der Waals surface area contributed by atoms with Gasteiger partial charge < -0.3 is 9.26 Å². The Balaban J connectivity index is 2.04. The molecule has 2 aromatic rings. The lowest BCUT2D eigenvalue weighted by molar-refractivity contribution is 0.360. The van der Waals surface area contributed by atoms with Crippen LogP contribution < -0.4 is 9.46 Å². The first-order chi connectivity index (χ1) is 12.4. The van der Waals surface area contributed by atoms with Crippen LogP contribution in [0.15, 0.2) is 27.6 Å². The number of terminal acetylenes is 1. The van der Waals surface area contributed by atoms with Gasteiger partial charge in [0, 0.05) is 11.6 Å². The number of aromatic nitrogens is 1. The molecule has 26 heavy (non-hydrogen) atoms. The van der Waals surface area contributed by atoms with E-state index < -0.39 is 10.0 Å². The molecule has 1 saturated carbocycles. The molecule has 0 amide bonds.